The highest BCUT2D eigenvalue weighted by Gasteiger charge is 2.35. The fraction of sp³-hybridized carbons (Fsp3) is 0.273. The Morgan fingerprint density at radius 1 is 1.56 bits per heavy atom. The molecule has 1 aromatic carbocycles. The van der Waals surface area contributed by atoms with E-state index in [4.69, 9.17) is 10.4 Å². The van der Waals surface area contributed by atoms with Crippen LogP contribution in [0.15, 0.2) is 35.2 Å². The van der Waals surface area contributed by atoms with Gasteiger partial charge in [0.2, 0.25) is 5.91 Å². The summed E-state index contributed by atoms with van der Waals surface area (Å²) in [5.74, 6) is -0.00319. The Morgan fingerprint density at radius 3 is 2.44 bits per heavy atom. The minimum Gasteiger partial charge on any atom is -0.322 e. The van der Waals surface area contributed by atoms with E-state index in [0.717, 1.165) is 4.90 Å². The van der Waals surface area contributed by atoms with Gasteiger partial charge in [-0.2, -0.15) is 5.26 Å². The molecule has 0 aliphatic carbocycles. The molecular formula is C11H13N3OS. The molecule has 1 fully saturated rings. The fourth-order valence-electron chi connectivity index (χ4n) is 1.10. The van der Waals surface area contributed by atoms with E-state index in [1.165, 1.54) is 23.8 Å². The first-order chi connectivity index (χ1) is 7.69. The topological polar surface area (TPSA) is 69.9 Å². The summed E-state index contributed by atoms with van der Waals surface area (Å²) in [6.45, 7) is 2.10. The van der Waals surface area contributed by atoms with Crippen LogP contribution in [-0.4, -0.2) is 23.4 Å². The van der Waals surface area contributed by atoms with Crippen molar-refractivity contribution < 1.29 is 4.79 Å². The third-order valence-corrected chi connectivity index (χ3v) is 2.59. The van der Waals surface area contributed by atoms with Crippen molar-refractivity contribution in [2.75, 3.05) is 6.54 Å². The Labute approximate surface area is 99.2 Å². The predicted octanol–water partition coefficient (Wildman–Crippen LogP) is 1.39. The minimum absolute atomic E-state index is 0.00319. The summed E-state index contributed by atoms with van der Waals surface area (Å²) in [7, 11) is 0. The van der Waals surface area contributed by atoms with Crippen molar-refractivity contribution in [1.29, 1.82) is 5.26 Å². The maximum atomic E-state index is 10.4. The van der Waals surface area contributed by atoms with Crippen LogP contribution in [0.5, 0.6) is 0 Å². The molecule has 1 amide bonds. The zero-order valence-corrected chi connectivity index (χ0v) is 9.78. The summed E-state index contributed by atoms with van der Waals surface area (Å²) in [5.41, 5.74) is 0. The van der Waals surface area contributed by atoms with Gasteiger partial charge in [-0.15, -0.1) is 0 Å². The van der Waals surface area contributed by atoms with Gasteiger partial charge in [-0.3, -0.25) is 9.93 Å². The lowest BCUT2D eigenvalue weighted by Gasteiger charge is -1.88. The second kappa shape index (κ2) is 6.16. The summed E-state index contributed by atoms with van der Waals surface area (Å²) in [6, 6.07) is 11.7. The highest BCUT2D eigenvalue weighted by molar-refractivity contribution is 7.97. The quantitative estimate of drug-likeness (QED) is 0.590. The number of carbonyl (C=O) groups excluding carboxylic acids is 1. The van der Waals surface area contributed by atoms with Gasteiger partial charge in [0.1, 0.15) is 6.04 Å². The van der Waals surface area contributed by atoms with Gasteiger partial charge >= 0.3 is 0 Å². The predicted molar refractivity (Wildman–Crippen MR) is 63.3 cm³/mol. The van der Waals surface area contributed by atoms with E-state index in [1.54, 1.807) is 0 Å². The third kappa shape index (κ3) is 3.93. The van der Waals surface area contributed by atoms with Crippen LogP contribution in [0.1, 0.15) is 6.92 Å². The Kier molecular flexibility index (Phi) is 4.83. The first-order valence-corrected chi connectivity index (χ1v) is 5.65. The number of nitrogens with zero attached hydrogens (tertiary/aromatic N) is 2. The highest BCUT2D eigenvalue weighted by Crippen LogP contribution is 2.14. The number of hydrogen-bond donors (Lipinski definition) is 1. The molecule has 0 bridgehead atoms. The molecule has 0 radical (unpaired) electrons. The van der Waals surface area contributed by atoms with Crippen LogP contribution in [0.4, 0.5) is 0 Å². The standard InChI is InChI=1S/C6H7NS.C5H6N2O/c7-8-6-4-2-1-3-5-6;1-4(8)7-3-5(7)2-6/h1-5H,7H2;5H,3H2,1H3. The van der Waals surface area contributed by atoms with Crippen molar-refractivity contribution in [3.63, 3.8) is 0 Å². The molecule has 5 heteroatoms. The molecule has 1 aliphatic rings. The Balaban J connectivity index is 0.000000160. The minimum atomic E-state index is -0.118. The van der Waals surface area contributed by atoms with E-state index in [9.17, 15) is 4.79 Å². The normalized spacial score (nSPS) is 16.8. The maximum absolute atomic E-state index is 10.4. The summed E-state index contributed by atoms with van der Waals surface area (Å²) in [4.78, 5) is 13.0. The lowest BCUT2D eigenvalue weighted by molar-refractivity contribution is -0.123. The van der Waals surface area contributed by atoms with Gasteiger partial charge in [0.05, 0.1) is 12.6 Å². The monoisotopic (exact) mass is 235 g/mol. The molecule has 4 nitrogen and oxygen atoms in total. The number of nitriles is 1. The zero-order chi connectivity index (χ0) is 12.0. The number of carbonyl (C=O) groups is 1. The molecule has 0 saturated carbocycles. The zero-order valence-electron chi connectivity index (χ0n) is 8.96. The van der Waals surface area contributed by atoms with Crippen LogP contribution in [0.3, 0.4) is 0 Å². The van der Waals surface area contributed by atoms with E-state index in [-0.39, 0.29) is 11.9 Å². The lowest BCUT2D eigenvalue weighted by Crippen LogP contribution is -2.06. The molecule has 84 valence electrons. The SMILES string of the molecule is CC(=O)N1CC1C#N.NSc1ccccc1. The van der Waals surface area contributed by atoms with Gasteiger partial charge in [0, 0.05) is 11.8 Å². The molecular weight excluding hydrogens is 222 g/mol. The average molecular weight is 235 g/mol. The summed E-state index contributed by atoms with van der Waals surface area (Å²) in [6.07, 6.45) is 0. The number of nitrogens with two attached hydrogens (primary N) is 1. The summed E-state index contributed by atoms with van der Waals surface area (Å²) in [5, 5.41) is 13.4. The van der Waals surface area contributed by atoms with Gasteiger partial charge in [0.15, 0.2) is 0 Å². The number of benzene rings is 1. The number of amides is 1. The van der Waals surface area contributed by atoms with Crippen LogP contribution < -0.4 is 5.14 Å². The van der Waals surface area contributed by atoms with Crippen LogP contribution in [0.2, 0.25) is 0 Å². The largest absolute Gasteiger partial charge is 0.322 e. The van der Waals surface area contributed by atoms with Crippen LogP contribution in [-0.2, 0) is 4.79 Å². The van der Waals surface area contributed by atoms with Gasteiger partial charge in [-0.05, 0) is 24.1 Å². The van der Waals surface area contributed by atoms with Crippen LogP contribution in [0, 0.1) is 11.3 Å². The third-order valence-electron chi connectivity index (χ3n) is 2.05. The van der Waals surface area contributed by atoms with E-state index < -0.39 is 0 Å². The van der Waals surface area contributed by atoms with E-state index in [2.05, 4.69) is 0 Å². The van der Waals surface area contributed by atoms with Gasteiger partial charge in [0.25, 0.3) is 0 Å². The average Bonchev–Trinajstić information content (AvgIpc) is 3.10. The Morgan fingerprint density at radius 2 is 2.19 bits per heavy atom. The molecule has 1 aliphatic heterocycles. The molecule has 16 heavy (non-hydrogen) atoms. The van der Waals surface area contributed by atoms with Gasteiger partial charge in [-0.1, -0.05) is 18.2 Å². The lowest BCUT2D eigenvalue weighted by atomic mass is 10.4. The van der Waals surface area contributed by atoms with Crippen LogP contribution in [0.25, 0.3) is 0 Å². The van der Waals surface area contributed by atoms with Crippen molar-refractivity contribution in [1.82, 2.24) is 4.90 Å². The number of hydrogen-bond acceptors (Lipinski definition) is 4. The molecule has 1 atom stereocenters. The highest BCUT2D eigenvalue weighted by atomic mass is 32.2. The Bertz CT molecular complexity index is 388. The molecule has 2 N–H and O–H groups in total. The van der Waals surface area contributed by atoms with E-state index >= 15 is 0 Å². The van der Waals surface area contributed by atoms with Gasteiger partial charge in [-0.25, -0.2) is 0 Å². The molecule has 2 rings (SSSR count). The van der Waals surface area contributed by atoms with Crippen LogP contribution >= 0.6 is 11.9 Å². The second-order valence-corrected chi connectivity index (χ2v) is 3.95. The van der Waals surface area contributed by atoms with Crippen molar-refractivity contribution in [3.05, 3.63) is 30.3 Å². The molecule has 1 heterocycles. The molecule has 1 unspecified atom stereocenters. The fourth-order valence-corrected chi connectivity index (χ4v) is 1.41. The van der Waals surface area contributed by atoms with E-state index in [1.807, 2.05) is 36.4 Å². The smallest absolute Gasteiger partial charge is 0.220 e. The van der Waals surface area contributed by atoms with E-state index in [0.29, 0.717) is 6.54 Å². The molecule has 0 spiro atoms. The maximum Gasteiger partial charge on any atom is 0.220 e. The van der Waals surface area contributed by atoms with Crippen molar-refractivity contribution in [3.8, 4) is 6.07 Å². The Hall–Kier alpha value is -1.51. The van der Waals surface area contributed by atoms with Gasteiger partial charge < -0.3 is 4.90 Å². The first-order valence-electron chi connectivity index (χ1n) is 4.77. The first kappa shape index (κ1) is 12.6. The molecule has 0 aromatic heterocycles. The molecule has 1 saturated heterocycles. The van der Waals surface area contributed by atoms with Crippen molar-refractivity contribution in [2.45, 2.75) is 17.9 Å². The van der Waals surface area contributed by atoms with Crippen molar-refractivity contribution in [2.24, 2.45) is 5.14 Å². The number of rotatable bonds is 1. The van der Waals surface area contributed by atoms with Crippen molar-refractivity contribution >= 4 is 17.9 Å². The second-order valence-electron chi connectivity index (χ2n) is 3.25. The summed E-state index contributed by atoms with van der Waals surface area (Å²) >= 11 is 1.27. The summed E-state index contributed by atoms with van der Waals surface area (Å²) < 4.78 is 0. The molecule has 1 aromatic rings.